The topological polar surface area (TPSA) is 88.8 Å². The fourth-order valence-electron chi connectivity index (χ4n) is 2.45. The fraction of sp³-hybridized carbons (Fsp3) is 0.333. The quantitative estimate of drug-likeness (QED) is 0.895. The van der Waals surface area contributed by atoms with E-state index in [0.29, 0.717) is 5.58 Å². The summed E-state index contributed by atoms with van der Waals surface area (Å²) < 4.78 is 10.6. The van der Waals surface area contributed by atoms with Crippen molar-refractivity contribution < 1.29 is 23.8 Å². The van der Waals surface area contributed by atoms with E-state index in [9.17, 15) is 9.59 Å². The molecule has 1 fully saturated rings. The maximum atomic E-state index is 12.2. The van der Waals surface area contributed by atoms with Crippen molar-refractivity contribution in [3.05, 3.63) is 35.6 Å². The highest BCUT2D eigenvalue weighted by molar-refractivity contribution is 5.96. The number of carboxylic acid groups (broad SMARTS) is 1. The summed E-state index contributed by atoms with van der Waals surface area (Å²) in [5, 5.41) is 12.6. The zero-order valence-corrected chi connectivity index (χ0v) is 11.5. The number of nitrogens with one attached hydrogen (secondary N) is 1. The molecule has 110 valence electrons. The Morgan fingerprint density at radius 3 is 2.86 bits per heavy atom. The van der Waals surface area contributed by atoms with Gasteiger partial charge in [0.05, 0.1) is 19.3 Å². The number of fused-ring (bicyclic) bond motifs is 1. The van der Waals surface area contributed by atoms with Gasteiger partial charge >= 0.3 is 5.97 Å². The van der Waals surface area contributed by atoms with Gasteiger partial charge in [-0.3, -0.25) is 9.59 Å². The molecule has 1 aliphatic heterocycles. The Hall–Kier alpha value is -2.34. The second-order valence-corrected chi connectivity index (χ2v) is 5.21. The molecule has 2 heterocycles. The lowest BCUT2D eigenvalue weighted by Gasteiger charge is -2.14. The van der Waals surface area contributed by atoms with Crippen LogP contribution in [-0.4, -0.2) is 36.2 Å². The van der Waals surface area contributed by atoms with Crippen LogP contribution in [0, 0.1) is 12.8 Å². The number of carboxylic acids is 1. The van der Waals surface area contributed by atoms with Crippen LogP contribution in [0.5, 0.6) is 0 Å². The lowest BCUT2D eigenvalue weighted by molar-refractivity contribution is -0.142. The molecule has 1 aromatic heterocycles. The molecular weight excluding hydrogens is 274 g/mol. The van der Waals surface area contributed by atoms with Crippen molar-refractivity contribution in [2.45, 2.75) is 13.0 Å². The highest BCUT2D eigenvalue weighted by Crippen LogP contribution is 2.21. The van der Waals surface area contributed by atoms with Crippen molar-refractivity contribution in [1.82, 2.24) is 5.32 Å². The number of carbonyl (C=O) groups excluding carboxylic acids is 1. The Bertz CT molecular complexity index is 705. The summed E-state index contributed by atoms with van der Waals surface area (Å²) in [6.07, 6.45) is 0. The predicted molar refractivity (Wildman–Crippen MR) is 74.2 cm³/mol. The third-order valence-corrected chi connectivity index (χ3v) is 3.61. The zero-order chi connectivity index (χ0) is 15.0. The summed E-state index contributed by atoms with van der Waals surface area (Å²) in [7, 11) is 0. The fourth-order valence-corrected chi connectivity index (χ4v) is 2.45. The number of carbonyl (C=O) groups is 2. The standard InChI is InChI=1S/C15H15NO5/c1-8-2-3-12-9(4-8)5-13(21-12)14(17)16-11-7-20-6-10(11)15(18)19/h2-5,10-11H,6-7H2,1H3,(H,16,17)(H,18,19). The molecule has 3 rings (SSSR count). The number of rotatable bonds is 3. The van der Waals surface area contributed by atoms with Gasteiger partial charge in [-0.1, -0.05) is 11.6 Å². The van der Waals surface area contributed by atoms with Gasteiger partial charge in [-0.25, -0.2) is 0 Å². The van der Waals surface area contributed by atoms with Crippen molar-refractivity contribution in [3.63, 3.8) is 0 Å². The van der Waals surface area contributed by atoms with Crippen molar-refractivity contribution >= 4 is 22.8 Å². The molecular formula is C15H15NO5. The smallest absolute Gasteiger partial charge is 0.311 e. The predicted octanol–water partition coefficient (Wildman–Crippen LogP) is 1.57. The van der Waals surface area contributed by atoms with E-state index in [2.05, 4.69) is 5.32 Å². The summed E-state index contributed by atoms with van der Waals surface area (Å²) in [6.45, 7) is 2.27. The van der Waals surface area contributed by atoms with Gasteiger partial charge in [0.25, 0.3) is 5.91 Å². The average molecular weight is 289 g/mol. The first kappa shape index (κ1) is 13.6. The first-order valence-corrected chi connectivity index (χ1v) is 6.66. The summed E-state index contributed by atoms with van der Waals surface area (Å²) >= 11 is 0. The van der Waals surface area contributed by atoms with Gasteiger partial charge < -0.3 is 19.6 Å². The lowest BCUT2D eigenvalue weighted by atomic mass is 10.0. The van der Waals surface area contributed by atoms with Crippen LogP contribution in [0.15, 0.2) is 28.7 Å². The lowest BCUT2D eigenvalue weighted by Crippen LogP contribution is -2.42. The minimum atomic E-state index is -0.974. The molecule has 1 aromatic carbocycles. The van der Waals surface area contributed by atoms with Gasteiger partial charge in [-0.15, -0.1) is 0 Å². The highest BCUT2D eigenvalue weighted by Gasteiger charge is 2.35. The molecule has 21 heavy (non-hydrogen) atoms. The number of amides is 1. The number of hydrogen-bond donors (Lipinski definition) is 2. The van der Waals surface area contributed by atoms with Crippen LogP contribution in [0.1, 0.15) is 16.1 Å². The third kappa shape index (κ3) is 2.62. The molecule has 1 amide bonds. The van der Waals surface area contributed by atoms with Crippen molar-refractivity contribution in [2.75, 3.05) is 13.2 Å². The molecule has 2 N–H and O–H groups in total. The molecule has 1 saturated heterocycles. The van der Waals surface area contributed by atoms with Crippen LogP contribution in [-0.2, 0) is 9.53 Å². The summed E-state index contributed by atoms with van der Waals surface area (Å²) in [6, 6.07) is 6.75. The maximum absolute atomic E-state index is 12.2. The number of aryl methyl sites for hydroxylation is 1. The van der Waals surface area contributed by atoms with Gasteiger partial charge in [0.1, 0.15) is 11.5 Å². The average Bonchev–Trinajstić information content (AvgIpc) is 3.04. The Labute approximate surface area is 120 Å². The van der Waals surface area contributed by atoms with Crippen LogP contribution in [0.3, 0.4) is 0 Å². The second kappa shape index (κ2) is 5.21. The largest absolute Gasteiger partial charge is 0.481 e. The normalized spacial score (nSPS) is 21.6. The molecule has 0 bridgehead atoms. The van der Waals surface area contributed by atoms with E-state index in [1.54, 1.807) is 12.1 Å². The van der Waals surface area contributed by atoms with Gasteiger partial charge in [0.15, 0.2) is 5.76 Å². The van der Waals surface area contributed by atoms with Gasteiger partial charge in [0.2, 0.25) is 0 Å². The van der Waals surface area contributed by atoms with Crippen molar-refractivity contribution in [1.29, 1.82) is 0 Å². The van der Waals surface area contributed by atoms with E-state index >= 15 is 0 Å². The molecule has 0 radical (unpaired) electrons. The Morgan fingerprint density at radius 1 is 1.29 bits per heavy atom. The SMILES string of the molecule is Cc1ccc2oc(C(=O)NC3COCC3C(=O)O)cc2c1. The zero-order valence-electron chi connectivity index (χ0n) is 11.5. The number of ether oxygens (including phenoxy) is 1. The van der Waals surface area contributed by atoms with Crippen LogP contribution in [0.25, 0.3) is 11.0 Å². The van der Waals surface area contributed by atoms with Gasteiger partial charge in [-0.2, -0.15) is 0 Å². The molecule has 6 heteroatoms. The minimum Gasteiger partial charge on any atom is -0.481 e. The Kier molecular flexibility index (Phi) is 3.39. The highest BCUT2D eigenvalue weighted by atomic mass is 16.5. The Balaban J connectivity index is 1.79. The van der Waals surface area contributed by atoms with E-state index < -0.39 is 23.8 Å². The molecule has 1 aliphatic rings. The van der Waals surface area contributed by atoms with E-state index in [1.165, 1.54) is 0 Å². The van der Waals surface area contributed by atoms with Crippen LogP contribution in [0.2, 0.25) is 0 Å². The summed E-state index contributed by atoms with van der Waals surface area (Å²) in [5.41, 5.74) is 1.70. The van der Waals surface area contributed by atoms with Gasteiger partial charge in [-0.05, 0) is 25.1 Å². The van der Waals surface area contributed by atoms with E-state index in [1.807, 2.05) is 19.1 Å². The summed E-state index contributed by atoms with van der Waals surface area (Å²) in [4.78, 5) is 23.2. The molecule has 2 aromatic rings. The van der Waals surface area contributed by atoms with Crippen molar-refractivity contribution in [2.24, 2.45) is 5.92 Å². The summed E-state index contributed by atoms with van der Waals surface area (Å²) in [5.74, 6) is -1.95. The first-order chi connectivity index (χ1) is 10.0. The Morgan fingerprint density at radius 2 is 2.10 bits per heavy atom. The third-order valence-electron chi connectivity index (χ3n) is 3.61. The molecule has 2 atom stereocenters. The van der Waals surface area contributed by atoms with Crippen LogP contribution in [0.4, 0.5) is 0 Å². The number of hydrogen-bond acceptors (Lipinski definition) is 4. The number of aliphatic carboxylic acids is 1. The van der Waals surface area contributed by atoms with E-state index in [4.69, 9.17) is 14.3 Å². The monoisotopic (exact) mass is 289 g/mol. The maximum Gasteiger partial charge on any atom is 0.311 e. The van der Waals surface area contributed by atoms with Crippen LogP contribution < -0.4 is 5.32 Å². The molecule has 0 saturated carbocycles. The molecule has 0 aliphatic carbocycles. The second-order valence-electron chi connectivity index (χ2n) is 5.21. The first-order valence-electron chi connectivity index (χ1n) is 6.66. The molecule has 2 unspecified atom stereocenters. The number of furan rings is 1. The minimum absolute atomic E-state index is 0.111. The van der Waals surface area contributed by atoms with E-state index in [0.717, 1.165) is 10.9 Å². The van der Waals surface area contributed by atoms with Crippen LogP contribution >= 0.6 is 0 Å². The molecule has 0 spiro atoms. The van der Waals surface area contributed by atoms with Crippen molar-refractivity contribution in [3.8, 4) is 0 Å². The van der Waals surface area contributed by atoms with Gasteiger partial charge in [0, 0.05) is 5.39 Å². The molecule has 6 nitrogen and oxygen atoms in total. The number of benzene rings is 1. The van der Waals surface area contributed by atoms with E-state index in [-0.39, 0.29) is 19.0 Å².